The minimum atomic E-state index is -0.979. The number of carbonyl (C=O) groups excluding carboxylic acids is 2. The quantitative estimate of drug-likeness (QED) is 0.485. The van der Waals surface area contributed by atoms with Crippen molar-refractivity contribution >= 4 is 18.0 Å². The molecule has 10 nitrogen and oxygen atoms in total. The number of fused-ring (bicyclic) bond motifs is 3. The van der Waals surface area contributed by atoms with Crippen LogP contribution >= 0.6 is 0 Å². The van der Waals surface area contributed by atoms with E-state index in [4.69, 9.17) is 9.84 Å². The van der Waals surface area contributed by atoms with Crippen molar-refractivity contribution in [3.05, 3.63) is 71.5 Å². The number of hydrogen-bond acceptors (Lipinski definition) is 6. The summed E-state index contributed by atoms with van der Waals surface area (Å²) in [6.07, 6.45) is 0.926. The maximum Gasteiger partial charge on any atom is 0.407 e. The van der Waals surface area contributed by atoms with Gasteiger partial charge in [-0.3, -0.25) is 9.59 Å². The summed E-state index contributed by atoms with van der Waals surface area (Å²) in [5.74, 6) is -2.11. The van der Waals surface area contributed by atoms with Gasteiger partial charge in [0, 0.05) is 26.1 Å². The van der Waals surface area contributed by atoms with Crippen molar-refractivity contribution < 1.29 is 24.2 Å². The van der Waals surface area contributed by atoms with E-state index in [-0.39, 0.29) is 31.3 Å². The molecule has 1 aliphatic carbocycles. The molecule has 2 amide bonds. The van der Waals surface area contributed by atoms with Crippen LogP contribution in [0.2, 0.25) is 0 Å². The highest BCUT2D eigenvalue weighted by molar-refractivity contribution is 5.92. The molecule has 0 spiro atoms. The van der Waals surface area contributed by atoms with Crippen molar-refractivity contribution in [1.29, 1.82) is 0 Å². The zero-order chi connectivity index (χ0) is 24.9. The summed E-state index contributed by atoms with van der Waals surface area (Å²) in [5, 5.41) is 19.4. The summed E-state index contributed by atoms with van der Waals surface area (Å²) in [7, 11) is 1.51. The Balaban J connectivity index is 1.25. The highest BCUT2D eigenvalue weighted by Gasteiger charge is 2.29. The average molecular weight is 478 g/mol. The SMILES string of the molecule is CC(CN(C)C(=O)c1cn(CCNC(=O)OCC2c3ccccc3-c3ccccc32)nn1)C(=O)O. The first-order valence-corrected chi connectivity index (χ1v) is 11.3. The second-order valence-electron chi connectivity index (χ2n) is 8.54. The lowest BCUT2D eigenvalue weighted by Gasteiger charge is -2.17. The van der Waals surface area contributed by atoms with E-state index in [2.05, 4.69) is 39.9 Å². The summed E-state index contributed by atoms with van der Waals surface area (Å²) in [5.41, 5.74) is 4.72. The maximum atomic E-state index is 12.4. The van der Waals surface area contributed by atoms with Gasteiger partial charge in [0.1, 0.15) is 6.61 Å². The smallest absolute Gasteiger partial charge is 0.407 e. The molecule has 0 aliphatic heterocycles. The van der Waals surface area contributed by atoms with E-state index < -0.39 is 23.9 Å². The second kappa shape index (κ2) is 10.4. The third-order valence-electron chi connectivity index (χ3n) is 6.03. The summed E-state index contributed by atoms with van der Waals surface area (Å²) < 4.78 is 6.94. The molecule has 3 aromatic rings. The van der Waals surface area contributed by atoms with Gasteiger partial charge >= 0.3 is 12.1 Å². The normalized spacial score (nSPS) is 13.0. The van der Waals surface area contributed by atoms with E-state index in [0.717, 1.165) is 22.3 Å². The molecule has 0 fully saturated rings. The number of aromatic nitrogens is 3. The number of nitrogens with one attached hydrogen (secondary N) is 1. The summed E-state index contributed by atoms with van der Waals surface area (Å²) in [4.78, 5) is 37.0. The molecule has 0 saturated carbocycles. The van der Waals surface area contributed by atoms with Gasteiger partial charge in [-0.15, -0.1) is 5.10 Å². The largest absolute Gasteiger partial charge is 0.481 e. The Bertz CT molecular complexity index is 1190. The van der Waals surface area contributed by atoms with Crippen molar-refractivity contribution in [1.82, 2.24) is 25.2 Å². The topological polar surface area (TPSA) is 127 Å². The molecule has 1 aliphatic rings. The standard InChI is InChI=1S/C25H27N5O5/c1-16(24(32)33)13-29(2)23(31)22-14-30(28-27-22)12-11-26-25(34)35-15-21-19-9-5-3-7-17(19)18-8-4-6-10-20(18)21/h3-10,14,16,21H,11-13,15H2,1-2H3,(H,26,34)(H,32,33). The van der Waals surface area contributed by atoms with Gasteiger partial charge in [0.25, 0.3) is 5.91 Å². The number of rotatable bonds is 9. The fraction of sp³-hybridized carbons (Fsp3) is 0.320. The number of amides is 2. The predicted octanol–water partition coefficient (Wildman–Crippen LogP) is 2.61. The van der Waals surface area contributed by atoms with E-state index in [9.17, 15) is 14.4 Å². The maximum absolute atomic E-state index is 12.4. The molecule has 2 aromatic carbocycles. The summed E-state index contributed by atoms with van der Waals surface area (Å²) >= 11 is 0. The van der Waals surface area contributed by atoms with Crippen LogP contribution in [0.25, 0.3) is 11.1 Å². The van der Waals surface area contributed by atoms with Crippen molar-refractivity contribution in [2.24, 2.45) is 5.92 Å². The lowest BCUT2D eigenvalue weighted by molar-refractivity contribution is -0.141. The Kier molecular flexibility index (Phi) is 7.09. The third-order valence-corrected chi connectivity index (χ3v) is 6.03. The molecule has 182 valence electrons. The van der Waals surface area contributed by atoms with Gasteiger partial charge in [-0.1, -0.05) is 60.7 Å². The van der Waals surface area contributed by atoms with Crippen LogP contribution in [-0.4, -0.2) is 69.7 Å². The van der Waals surface area contributed by atoms with Crippen molar-refractivity contribution in [2.75, 3.05) is 26.7 Å². The van der Waals surface area contributed by atoms with Gasteiger partial charge in [0.05, 0.1) is 18.7 Å². The Labute approximate surface area is 202 Å². The highest BCUT2D eigenvalue weighted by atomic mass is 16.5. The Hall–Kier alpha value is -4.21. The number of alkyl carbamates (subject to hydrolysis) is 1. The Morgan fingerprint density at radius 2 is 1.74 bits per heavy atom. The fourth-order valence-corrected chi connectivity index (χ4v) is 4.19. The number of benzene rings is 2. The van der Waals surface area contributed by atoms with Crippen molar-refractivity contribution in [2.45, 2.75) is 19.4 Å². The van der Waals surface area contributed by atoms with E-state index >= 15 is 0 Å². The van der Waals surface area contributed by atoms with Crippen molar-refractivity contribution in [3.63, 3.8) is 0 Å². The lowest BCUT2D eigenvalue weighted by Crippen LogP contribution is -2.33. The van der Waals surface area contributed by atoms with Crippen LogP contribution < -0.4 is 5.32 Å². The van der Waals surface area contributed by atoms with E-state index in [0.29, 0.717) is 6.54 Å². The van der Waals surface area contributed by atoms with Crippen LogP contribution in [0.15, 0.2) is 54.7 Å². The summed E-state index contributed by atoms with van der Waals surface area (Å²) in [6.45, 7) is 2.34. The molecule has 1 heterocycles. The molecule has 0 saturated heterocycles. The molecule has 35 heavy (non-hydrogen) atoms. The fourth-order valence-electron chi connectivity index (χ4n) is 4.19. The van der Waals surface area contributed by atoms with E-state index in [1.807, 2.05) is 24.3 Å². The number of aliphatic carboxylic acids is 1. The minimum absolute atomic E-state index is 0.0159. The number of hydrogen-bond donors (Lipinski definition) is 2. The molecule has 1 unspecified atom stereocenters. The van der Waals surface area contributed by atoms with Crippen LogP contribution in [0, 0.1) is 5.92 Å². The molecule has 10 heteroatoms. The number of nitrogens with zero attached hydrogens (tertiary/aromatic N) is 4. The molecule has 1 atom stereocenters. The molecule has 2 N–H and O–H groups in total. The van der Waals surface area contributed by atoms with E-state index in [1.54, 1.807) is 0 Å². The molecular formula is C25H27N5O5. The zero-order valence-corrected chi connectivity index (χ0v) is 19.5. The van der Waals surface area contributed by atoms with Gasteiger partial charge in [-0.05, 0) is 22.3 Å². The van der Waals surface area contributed by atoms with Gasteiger partial charge in [0.15, 0.2) is 5.69 Å². The van der Waals surface area contributed by atoms with Crippen LogP contribution in [0.3, 0.4) is 0 Å². The molecular weight excluding hydrogens is 450 g/mol. The lowest BCUT2D eigenvalue weighted by atomic mass is 9.98. The predicted molar refractivity (Wildman–Crippen MR) is 127 cm³/mol. The Morgan fingerprint density at radius 3 is 2.37 bits per heavy atom. The van der Waals surface area contributed by atoms with Gasteiger partial charge in [-0.25, -0.2) is 9.48 Å². The van der Waals surface area contributed by atoms with Crippen LogP contribution in [0.4, 0.5) is 4.79 Å². The third kappa shape index (κ3) is 5.32. The van der Waals surface area contributed by atoms with Gasteiger partial charge in [0.2, 0.25) is 0 Å². The molecule has 1 aromatic heterocycles. The van der Waals surface area contributed by atoms with Gasteiger partial charge < -0.3 is 20.1 Å². The first-order chi connectivity index (χ1) is 16.8. The number of carboxylic acids is 1. The van der Waals surface area contributed by atoms with Crippen LogP contribution in [0.5, 0.6) is 0 Å². The molecule has 4 rings (SSSR count). The molecule has 0 bridgehead atoms. The highest BCUT2D eigenvalue weighted by Crippen LogP contribution is 2.44. The number of carboxylic acid groups (broad SMARTS) is 1. The van der Waals surface area contributed by atoms with Crippen molar-refractivity contribution in [3.8, 4) is 11.1 Å². The van der Waals surface area contributed by atoms with E-state index in [1.165, 1.54) is 29.7 Å². The Morgan fingerprint density at radius 1 is 1.11 bits per heavy atom. The zero-order valence-electron chi connectivity index (χ0n) is 19.5. The second-order valence-corrected chi connectivity index (χ2v) is 8.54. The van der Waals surface area contributed by atoms with Crippen LogP contribution in [-0.2, 0) is 16.1 Å². The number of ether oxygens (including phenoxy) is 1. The monoisotopic (exact) mass is 477 g/mol. The average Bonchev–Trinajstić information content (AvgIpc) is 3.45. The van der Waals surface area contributed by atoms with Crippen LogP contribution in [0.1, 0.15) is 34.5 Å². The first-order valence-electron chi connectivity index (χ1n) is 11.3. The van der Waals surface area contributed by atoms with Gasteiger partial charge in [-0.2, -0.15) is 0 Å². The first kappa shape index (κ1) is 23.9. The minimum Gasteiger partial charge on any atom is -0.481 e. The summed E-state index contributed by atoms with van der Waals surface area (Å²) in [6, 6.07) is 16.3. The number of carbonyl (C=O) groups is 3. The molecule has 0 radical (unpaired) electrons.